The maximum Gasteiger partial charge on any atom is 0.229 e. The molecule has 0 aliphatic carbocycles. The van der Waals surface area contributed by atoms with Crippen molar-refractivity contribution in [3.05, 3.63) is 46.6 Å². The third-order valence-electron chi connectivity index (χ3n) is 7.28. The molecule has 16 nitrogen and oxygen atoms in total. The van der Waals surface area contributed by atoms with Gasteiger partial charge >= 0.3 is 0 Å². The van der Waals surface area contributed by atoms with Crippen LogP contribution in [0.25, 0.3) is 22.3 Å². The lowest BCUT2D eigenvalue weighted by Crippen LogP contribution is -2.65. The maximum absolute atomic E-state index is 12.8. The molecule has 10 N–H and O–H groups in total. The molecule has 234 valence electrons. The summed E-state index contributed by atoms with van der Waals surface area (Å²) in [6, 6.07) is 7.46. The molecule has 16 heteroatoms. The largest absolute Gasteiger partial charge is 0.508 e. The van der Waals surface area contributed by atoms with Gasteiger partial charge in [0, 0.05) is 17.7 Å². The summed E-state index contributed by atoms with van der Waals surface area (Å²) in [5.41, 5.74) is -0.902. The molecule has 2 aliphatic rings. The Morgan fingerprint density at radius 1 is 0.744 bits per heavy atom. The number of fused-ring (bicyclic) bond motifs is 1. The number of aromatic hydroxyl groups is 3. The van der Waals surface area contributed by atoms with Gasteiger partial charge in [-0.25, -0.2) is 0 Å². The Bertz CT molecular complexity index is 1490. The normalized spacial score (nSPS) is 33.0. The van der Waals surface area contributed by atoms with Gasteiger partial charge in [0.2, 0.25) is 12.0 Å². The molecule has 2 aromatic carbocycles. The van der Waals surface area contributed by atoms with Gasteiger partial charge in [-0.15, -0.1) is 0 Å². The van der Waals surface area contributed by atoms with Crippen molar-refractivity contribution < 1.29 is 74.4 Å². The summed E-state index contributed by atoms with van der Waals surface area (Å²) in [4.78, 5) is 12.8. The van der Waals surface area contributed by atoms with Crippen LogP contribution in [0.3, 0.4) is 0 Å². The first kappa shape index (κ1) is 30.9. The number of phenolic OH excluding ortho intramolecular Hbond substituents is 3. The van der Waals surface area contributed by atoms with E-state index in [2.05, 4.69) is 0 Å². The van der Waals surface area contributed by atoms with Gasteiger partial charge in [0.25, 0.3) is 0 Å². The monoisotopic (exact) mass is 610 g/mol. The summed E-state index contributed by atoms with van der Waals surface area (Å²) < 4.78 is 27.8. The second-order valence-electron chi connectivity index (χ2n) is 10.1. The van der Waals surface area contributed by atoms with Gasteiger partial charge in [-0.2, -0.15) is 0 Å². The first-order valence-electron chi connectivity index (χ1n) is 13.0. The molecule has 3 aromatic rings. The number of phenols is 3. The van der Waals surface area contributed by atoms with Crippen LogP contribution in [0.5, 0.6) is 23.0 Å². The van der Waals surface area contributed by atoms with Gasteiger partial charge in [0.1, 0.15) is 65.4 Å². The lowest BCUT2D eigenvalue weighted by Gasteiger charge is -2.45. The topological polar surface area (TPSA) is 269 Å². The SMILES string of the molecule is O=c1cc(-c2ccc(O)cc2)oc2c(O)c(O[C@H]3O[C@@H](CO)[C@H](O)[C@@H](O)[C@@H]3O[C@@H]3O[C@@H](CO)[C@H](O)[C@H](O)[C@@H]3O)cc(O)c12. The Balaban J connectivity index is 1.51. The standard InChI is InChI=1S/C27H30O16/c28-7-15-18(33)21(36)23(38)26(41-15)43-25-22(37)19(34)16(8-29)42-27(25)40-14-6-12(32)17-11(31)5-13(39-24(17)20(14)35)9-1-3-10(30)4-2-9/h1-6,15-16,18-19,21-23,25-30,32-38H,7-8H2/t15-,16-,18-,19-,21-,22+,23-,25-,26-,27-/m0/s1. The highest BCUT2D eigenvalue weighted by molar-refractivity contribution is 5.91. The van der Waals surface area contributed by atoms with Gasteiger partial charge in [-0.1, -0.05) is 0 Å². The molecule has 1 aromatic heterocycles. The van der Waals surface area contributed by atoms with Crippen LogP contribution >= 0.6 is 0 Å². The van der Waals surface area contributed by atoms with Gasteiger partial charge in [-0.3, -0.25) is 4.79 Å². The molecule has 2 saturated heterocycles. The van der Waals surface area contributed by atoms with Crippen LogP contribution in [0.1, 0.15) is 0 Å². The molecule has 0 bridgehead atoms. The molecule has 3 heterocycles. The average molecular weight is 611 g/mol. The van der Waals surface area contributed by atoms with Gasteiger partial charge in [-0.05, 0) is 24.3 Å². The Morgan fingerprint density at radius 3 is 1.98 bits per heavy atom. The van der Waals surface area contributed by atoms with E-state index in [1.165, 1.54) is 24.3 Å². The second kappa shape index (κ2) is 12.2. The Labute approximate surface area is 241 Å². The predicted octanol–water partition coefficient (Wildman–Crippen LogP) is -2.42. The van der Waals surface area contributed by atoms with Crippen molar-refractivity contribution in [2.45, 2.75) is 61.4 Å². The third-order valence-corrected chi connectivity index (χ3v) is 7.28. The van der Waals surface area contributed by atoms with Gasteiger partial charge in [0.05, 0.1) is 13.2 Å². The number of aliphatic hydroxyl groups is 7. The van der Waals surface area contributed by atoms with Crippen molar-refractivity contribution >= 4 is 11.0 Å². The summed E-state index contributed by atoms with van der Waals surface area (Å²) in [6.07, 6.45) is -17.4. The zero-order valence-corrected chi connectivity index (χ0v) is 22.1. The van der Waals surface area contributed by atoms with Crippen molar-refractivity contribution in [3.8, 4) is 34.3 Å². The first-order valence-corrected chi connectivity index (χ1v) is 13.0. The fourth-order valence-electron chi connectivity index (χ4n) is 4.89. The van der Waals surface area contributed by atoms with Gasteiger partial charge < -0.3 is 74.4 Å². The molecular weight excluding hydrogens is 580 g/mol. The summed E-state index contributed by atoms with van der Waals surface area (Å²) in [6.45, 7) is -1.60. The Kier molecular flexibility index (Phi) is 8.77. The molecule has 5 rings (SSSR count). The van der Waals surface area contributed by atoms with E-state index in [9.17, 15) is 55.9 Å². The highest BCUT2D eigenvalue weighted by Gasteiger charge is 2.51. The molecule has 10 atom stereocenters. The zero-order chi connectivity index (χ0) is 31.2. The number of ether oxygens (including phenoxy) is 4. The van der Waals surface area contributed by atoms with Crippen LogP contribution in [-0.2, 0) is 14.2 Å². The lowest BCUT2D eigenvalue weighted by molar-refractivity contribution is -0.358. The summed E-state index contributed by atoms with van der Waals surface area (Å²) in [7, 11) is 0. The summed E-state index contributed by atoms with van der Waals surface area (Å²) in [5, 5.41) is 102. The number of benzene rings is 2. The fourth-order valence-corrected chi connectivity index (χ4v) is 4.89. The van der Waals surface area contributed by atoms with E-state index >= 15 is 0 Å². The Morgan fingerprint density at radius 2 is 1.35 bits per heavy atom. The molecule has 43 heavy (non-hydrogen) atoms. The van der Waals surface area contributed by atoms with Crippen molar-refractivity contribution in [1.82, 2.24) is 0 Å². The maximum atomic E-state index is 12.8. The van der Waals surface area contributed by atoms with Crippen LogP contribution in [0.4, 0.5) is 0 Å². The summed E-state index contributed by atoms with van der Waals surface area (Å²) >= 11 is 0. The molecule has 0 unspecified atom stereocenters. The van der Waals surface area contributed by atoms with Crippen LogP contribution in [0.15, 0.2) is 45.6 Å². The molecule has 2 fully saturated rings. The van der Waals surface area contributed by atoms with E-state index < -0.39 is 108 Å². The van der Waals surface area contributed by atoms with Crippen LogP contribution in [-0.4, -0.2) is 126 Å². The smallest absolute Gasteiger partial charge is 0.229 e. The molecule has 0 amide bonds. The molecular formula is C27H30O16. The van der Waals surface area contributed by atoms with Crippen LogP contribution in [0, 0.1) is 0 Å². The average Bonchev–Trinajstić information content (AvgIpc) is 2.99. The van der Waals surface area contributed by atoms with E-state index in [1.807, 2.05) is 0 Å². The highest BCUT2D eigenvalue weighted by atomic mass is 16.8. The van der Waals surface area contributed by atoms with E-state index in [4.69, 9.17) is 23.4 Å². The summed E-state index contributed by atoms with van der Waals surface area (Å²) in [5.74, 6) is -2.15. The molecule has 0 saturated carbocycles. The highest BCUT2D eigenvalue weighted by Crippen LogP contribution is 2.42. The quantitative estimate of drug-likeness (QED) is 0.125. The minimum absolute atomic E-state index is 0.0408. The zero-order valence-electron chi connectivity index (χ0n) is 22.1. The predicted molar refractivity (Wildman–Crippen MR) is 140 cm³/mol. The van der Waals surface area contributed by atoms with E-state index in [0.29, 0.717) is 5.56 Å². The molecule has 0 radical (unpaired) electrons. The molecule has 2 aliphatic heterocycles. The van der Waals surface area contributed by atoms with E-state index in [-0.39, 0.29) is 11.5 Å². The third kappa shape index (κ3) is 5.73. The lowest BCUT2D eigenvalue weighted by atomic mass is 9.97. The number of hydrogen-bond donors (Lipinski definition) is 10. The van der Waals surface area contributed by atoms with Crippen molar-refractivity contribution in [1.29, 1.82) is 0 Å². The fraction of sp³-hybridized carbons (Fsp3) is 0.444. The van der Waals surface area contributed by atoms with E-state index in [1.54, 1.807) is 0 Å². The van der Waals surface area contributed by atoms with Crippen molar-refractivity contribution in [2.75, 3.05) is 13.2 Å². The minimum Gasteiger partial charge on any atom is -0.508 e. The second-order valence-corrected chi connectivity index (χ2v) is 10.1. The number of hydrogen-bond acceptors (Lipinski definition) is 16. The number of rotatable bonds is 7. The van der Waals surface area contributed by atoms with Crippen LogP contribution in [0.2, 0.25) is 0 Å². The van der Waals surface area contributed by atoms with Crippen molar-refractivity contribution in [3.63, 3.8) is 0 Å². The van der Waals surface area contributed by atoms with Gasteiger partial charge in [0.15, 0.2) is 29.2 Å². The molecule has 0 spiro atoms. The Hall–Kier alpha value is -3.55. The minimum atomic E-state index is -1.91. The van der Waals surface area contributed by atoms with Crippen LogP contribution < -0.4 is 10.2 Å². The first-order chi connectivity index (χ1) is 20.4. The number of aliphatic hydroxyl groups excluding tert-OH is 7. The van der Waals surface area contributed by atoms with Crippen molar-refractivity contribution in [2.24, 2.45) is 0 Å². The van der Waals surface area contributed by atoms with E-state index in [0.717, 1.165) is 12.1 Å².